The molecule has 3 nitrogen and oxygen atoms in total. The van der Waals surface area contributed by atoms with Crippen LogP contribution < -0.4 is 0 Å². The predicted octanol–water partition coefficient (Wildman–Crippen LogP) is 1.98. The second-order valence-electron chi connectivity index (χ2n) is 0.811. The van der Waals surface area contributed by atoms with Crippen LogP contribution in [0.25, 0.3) is 0 Å². The standard InChI is InChI=1S/C3H3N3.5ClH/c1-2-4-6-5-3-1;;;;;/h1-3H;5*1H. The molecule has 0 bridgehead atoms. The molecule has 1 heterocycles. The van der Waals surface area contributed by atoms with Crippen molar-refractivity contribution in [2.24, 2.45) is 0 Å². The molecule has 8 heteroatoms. The second-order valence-corrected chi connectivity index (χ2v) is 0.811. The molecule has 1 rings (SSSR count). The fourth-order valence-corrected chi connectivity index (χ4v) is 0.205. The summed E-state index contributed by atoms with van der Waals surface area (Å²) in [7, 11) is 0. The molecular formula is C3H8Cl5N3. The lowest BCUT2D eigenvalue weighted by atomic mass is 10.7. The normalized spacial score (nSPS) is 4.36. The summed E-state index contributed by atoms with van der Waals surface area (Å²) in [6, 6.07) is 1.72. The Morgan fingerprint density at radius 3 is 1.09 bits per heavy atom. The van der Waals surface area contributed by atoms with E-state index in [4.69, 9.17) is 0 Å². The molecule has 0 aliphatic carbocycles. The molecule has 1 aromatic rings. The Bertz CT molecular complexity index is 88.9. The predicted molar refractivity (Wildman–Crippen MR) is 56.1 cm³/mol. The Kier molecular flexibility index (Phi) is 61.3. The molecule has 0 radical (unpaired) electrons. The minimum absolute atomic E-state index is 0. The molecule has 0 atom stereocenters. The highest BCUT2D eigenvalue weighted by Gasteiger charge is 1.60. The highest BCUT2D eigenvalue weighted by atomic mass is 35.5. The van der Waals surface area contributed by atoms with Gasteiger partial charge >= 0.3 is 0 Å². The van der Waals surface area contributed by atoms with Crippen LogP contribution in [0.5, 0.6) is 0 Å². The zero-order valence-corrected chi connectivity index (χ0v) is 9.20. The highest BCUT2D eigenvalue weighted by Crippen LogP contribution is 1.61. The van der Waals surface area contributed by atoms with Gasteiger partial charge < -0.3 is 0 Å². The Hall–Kier alpha value is 0.460. The number of hydrogen-bond donors (Lipinski definition) is 0. The summed E-state index contributed by atoms with van der Waals surface area (Å²) in [6.45, 7) is 0. The number of halogens is 5. The molecular weight excluding hydrogens is 255 g/mol. The molecule has 0 saturated heterocycles. The van der Waals surface area contributed by atoms with Gasteiger partial charge in [-0.2, -0.15) is 0 Å². The molecule has 0 fully saturated rings. The lowest BCUT2D eigenvalue weighted by Crippen LogP contribution is -1.78. The van der Waals surface area contributed by atoms with E-state index in [-0.39, 0.29) is 62.0 Å². The first-order valence-corrected chi connectivity index (χ1v) is 1.58. The largest absolute Gasteiger partial charge is 0.147 e. The number of aromatic nitrogens is 3. The quantitative estimate of drug-likeness (QED) is 0.718. The molecule has 0 unspecified atom stereocenters. The van der Waals surface area contributed by atoms with Crippen molar-refractivity contribution in [2.45, 2.75) is 0 Å². The van der Waals surface area contributed by atoms with Crippen molar-refractivity contribution >= 4 is 62.0 Å². The van der Waals surface area contributed by atoms with Gasteiger partial charge in [0.15, 0.2) is 0 Å². The average Bonchev–Trinajstić information content (AvgIpc) is 1.72. The summed E-state index contributed by atoms with van der Waals surface area (Å²) in [5, 5.41) is 10.1. The Balaban J connectivity index is -0.0000000240. The van der Waals surface area contributed by atoms with Gasteiger partial charge in [-0.25, -0.2) is 0 Å². The third kappa shape index (κ3) is 17.9. The van der Waals surface area contributed by atoms with Crippen molar-refractivity contribution in [1.82, 2.24) is 15.4 Å². The van der Waals surface area contributed by atoms with Crippen LogP contribution in [0.2, 0.25) is 0 Å². The summed E-state index contributed by atoms with van der Waals surface area (Å²) in [5.74, 6) is 0. The number of hydrogen-bond acceptors (Lipinski definition) is 3. The smallest absolute Gasteiger partial charge is 0.0529 e. The first-order chi connectivity index (χ1) is 3.00. The van der Waals surface area contributed by atoms with Crippen LogP contribution >= 0.6 is 62.0 Å². The van der Waals surface area contributed by atoms with Crippen LogP contribution in [0.1, 0.15) is 0 Å². The molecule has 1 aromatic heterocycles. The van der Waals surface area contributed by atoms with Crippen molar-refractivity contribution in [3.8, 4) is 0 Å². The zero-order chi connectivity index (χ0) is 4.24. The summed E-state index contributed by atoms with van der Waals surface area (Å²) >= 11 is 0. The maximum atomic E-state index is 3.42. The Labute approximate surface area is 95.8 Å². The minimum atomic E-state index is 0. The van der Waals surface area contributed by atoms with Crippen molar-refractivity contribution in [2.75, 3.05) is 0 Å². The SMILES string of the molecule is Cl.Cl.Cl.Cl.Cl.c1cnnnc1. The van der Waals surface area contributed by atoms with E-state index in [1.807, 2.05) is 0 Å². The molecule has 0 aliphatic rings. The van der Waals surface area contributed by atoms with E-state index in [1.54, 1.807) is 18.5 Å². The zero-order valence-electron chi connectivity index (χ0n) is 5.11. The van der Waals surface area contributed by atoms with Gasteiger partial charge in [-0.1, -0.05) is 0 Å². The van der Waals surface area contributed by atoms with Crippen molar-refractivity contribution in [1.29, 1.82) is 0 Å². The molecule has 0 aromatic carbocycles. The number of nitrogens with zero attached hydrogens (tertiary/aromatic N) is 3. The maximum Gasteiger partial charge on any atom is 0.0529 e. The average molecular weight is 263 g/mol. The van der Waals surface area contributed by atoms with Gasteiger partial charge in [0.25, 0.3) is 0 Å². The first kappa shape index (κ1) is 30.0. The third-order valence-electron chi connectivity index (χ3n) is 0.409. The fraction of sp³-hybridized carbons (Fsp3) is 0. The van der Waals surface area contributed by atoms with Crippen LogP contribution in [-0.4, -0.2) is 15.4 Å². The van der Waals surface area contributed by atoms with Crippen molar-refractivity contribution in [3.63, 3.8) is 0 Å². The van der Waals surface area contributed by atoms with Crippen LogP contribution in [0.3, 0.4) is 0 Å². The summed E-state index contributed by atoms with van der Waals surface area (Å²) < 4.78 is 0. The van der Waals surface area contributed by atoms with Gasteiger partial charge in [0.05, 0.1) is 12.4 Å². The maximum absolute atomic E-state index is 3.42. The fourth-order valence-electron chi connectivity index (χ4n) is 0.205. The summed E-state index contributed by atoms with van der Waals surface area (Å²) in [6.07, 6.45) is 3.15. The van der Waals surface area contributed by atoms with Gasteiger partial charge in [0.1, 0.15) is 0 Å². The van der Waals surface area contributed by atoms with E-state index in [0.29, 0.717) is 0 Å². The van der Waals surface area contributed by atoms with Crippen LogP contribution in [0.15, 0.2) is 18.5 Å². The van der Waals surface area contributed by atoms with Gasteiger partial charge in [0, 0.05) is 0 Å². The molecule has 0 amide bonds. The van der Waals surface area contributed by atoms with Crippen LogP contribution in [-0.2, 0) is 0 Å². The summed E-state index contributed by atoms with van der Waals surface area (Å²) in [4.78, 5) is 0. The van der Waals surface area contributed by atoms with E-state index in [9.17, 15) is 0 Å². The third-order valence-corrected chi connectivity index (χ3v) is 0.409. The van der Waals surface area contributed by atoms with Gasteiger partial charge in [-0.15, -0.1) is 72.2 Å². The highest BCUT2D eigenvalue weighted by molar-refractivity contribution is 5.86. The van der Waals surface area contributed by atoms with Crippen molar-refractivity contribution in [3.05, 3.63) is 18.5 Å². The van der Waals surface area contributed by atoms with E-state index < -0.39 is 0 Å². The van der Waals surface area contributed by atoms with Gasteiger partial charge in [-0.3, -0.25) is 0 Å². The molecule has 0 N–H and O–H groups in total. The molecule has 0 aliphatic heterocycles. The van der Waals surface area contributed by atoms with E-state index in [2.05, 4.69) is 15.4 Å². The van der Waals surface area contributed by atoms with Gasteiger partial charge in [-0.05, 0) is 11.3 Å². The lowest BCUT2D eigenvalue weighted by Gasteiger charge is -1.68. The first-order valence-electron chi connectivity index (χ1n) is 1.58. The topological polar surface area (TPSA) is 38.7 Å². The molecule has 0 spiro atoms. The van der Waals surface area contributed by atoms with E-state index >= 15 is 0 Å². The van der Waals surface area contributed by atoms with Crippen LogP contribution in [0, 0.1) is 0 Å². The van der Waals surface area contributed by atoms with Gasteiger partial charge in [0.2, 0.25) is 0 Å². The Morgan fingerprint density at radius 1 is 0.636 bits per heavy atom. The Morgan fingerprint density at radius 2 is 1.00 bits per heavy atom. The summed E-state index contributed by atoms with van der Waals surface area (Å²) in [5.41, 5.74) is 0. The van der Waals surface area contributed by atoms with E-state index in [1.165, 1.54) is 0 Å². The van der Waals surface area contributed by atoms with Crippen molar-refractivity contribution < 1.29 is 0 Å². The van der Waals surface area contributed by atoms with E-state index in [0.717, 1.165) is 0 Å². The van der Waals surface area contributed by atoms with Crippen LogP contribution in [0.4, 0.5) is 0 Å². The molecule has 0 saturated carbocycles. The molecule has 11 heavy (non-hydrogen) atoms. The molecule has 70 valence electrons. The number of rotatable bonds is 0. The second kappa shape index (κ2) is 22.4. The monoisotopic (exact) mass is 261 g/mol. The minimum Gasteiger partial charge on any atom is -0.147 e. The lowest BCUT2D eigenvalue weighted by molar-refractivity contribution is 0.865.